The highest BCUT2D eigenvalue weighted by atomic mass is 16.3. The Morgan fingerprint density at radius 3 is 1.16 bits per heavy atom. The second-order valence-electron chi connectivity index (χ2n) is 31.4. The number of benzene rings is 16. The largest absolute Gasteiger partial charge is 0.460 e. The molecule has 2 aliphatic carbocycles. The molecule has 0 fully saturated rings. The molecular formula is C106H67B2N5O. The van der Waals surface area contributed by atoms with Gasteiger partial charge in [0.1, 0.15) is 11.3 Å². The lowest BCUT2D eigenvalue weighted by atomic mass is 9.33. The van der Waals surface area contributed by atoms with Crippen LogP contribution < -0.4 is 52.4 Å². The molecule has 3 aromatic heterocycles. The van der Waals surface area contributed by atoms with E-state index in [-0.39, 0.29) is 13.4 Å². The van der Waals surface area contributed by atoms with Crippen LogP contribution in [0.15, 0.2) is 392 Å². The van der Waals surface area contributed by atoms with Gasteiger partial charge in [0.2, 0.25) is 0 Å². The molecule has 0 saturated heterocycles. The highest BCUT2D eigenvalue weighted by molar-refractivity contribution is 7.01. The van der Waals surface area contributed by atoms with Crippen LogP contribution in [-0.2, 0) is 6.42 Å². The van der Waals surface area contributed by atoms with E-state index in [4.69, 9.17) is 4.42 Å². The van der Waals surface area contributed by atoms with E-state index in [0.29, 0.717) is 5.92 Å². The summed E-state index contributed by atoms with van der Waals surface area (Å²) < 4.78 is 8.96. The fourth-order valence-corrected chi connectivity index (χ4v) is 20.3. The predicted octanol–water partition coefficient (Wildman–Crippen LogP) is 23.8. The quantitative estimate of drug-likeness (QED) is 0.134. The third-order valence-electron chi connectivity index (χ3n) is 25.4. The van der Waals surface area contributed by atoms with E-state index >= 15 is 0 Å². The lowest BCUT2D eigenvalue weighted by molar-refractivity contribution is 0.521. The molecule has 0 amide bonds. The topological polar surface area (TPSA) is 30.5 Å². The fraction of sp³-hybridized carbons (Fsp3) is 0.0189. The van der Waals surface area contributed by atoms with Gasteiger partial charge >= 0.3 is 0 Å². The van der Waals surface area contributed by atoms with Gasteiger partial charge in [-0.3, -0.25) is 0 Å². The van der Waals surface area contributed by atoms with Gasteiger partial charge in [0, 0.05) is 113 Å². The van der Waals surface area contributed by atoms with Crippen molar-refractivity contribution in [3.05, 3.63) is 399 Å². The normalized spacial score (nSPS) is 14.6. The van der Waals surface area contributed by atoms with Crippen molar-refractivity contribution in [3.8, 4) is 55.6 Å². The molecule has 1 unspecified atom stereocenters. The molecule has 6 aliphatic rings. The Balaban J connectivity index is 0.554. The summed E-state index contributed by atoms with van der Waals surface area (Å²) in [6.07, 6.45) is 12.0. The average Bonchev–Trinajstić information content (AvgIpc) is 1.57. The number of allylic oxidation sites excluding steroid dienone is 5. The van der Waals surface area contributed by atoms with E-state index in [2.05, 4.69) is 412 Å². The highest BCUT2D eigenvalue weighted by Gasteiger charge is 2.45. The molecule has 0 spiro atoms. The summed E-state index contributed by atoms with van der Waals surface area (Å²) in [5.41, 5.74) is 40.8. The number of aromatic nitrogens is 1. The zero-order valence-corrected chi connectivity index (χ0v) is 62.0. The summed E-state index contributed by atoms with van der Waals surface area (Å²) in [5.74, 6) is 1.44. The first-order chi connectivity index (χ1) is 56.5. The Bertz CT molecular complexity index is 7260. The van der Waals surface area contributed by atoms with E-state index in [0.717, 1.165) is 51.6 Å². The summed E-state index contributed by atoms with van der Waals surface area (Å²) in [6.45, 7) is -0.0515. The fourth-order valence-electron chi connectivity index (χ4n) is 20.3. The molecule has 0 N–H and O–H groups in total. The molecule has 0 radical (unpaired) electrons. The van der Waals surface area contributed by atoms with Crippen molar-refractivity contribution in [2.24, 2.45) is 5.92 Å². The first-order valence-corrected chi connectivity index (χ1v) is 39.8. The Morgan fingerprint density at radius 1 is 0.281 bits per heavy atom. The maximum atomic E-state index is 6.50. The third-order valence-corrected chi connectivity index (χ3v) is 25.4. The van der Waals surface area contributed by atoms with Crippen molar-refractivity contribution in [2.75, 3.05) is 19.6 Å². The Hall–Kier alpha value is -14.6. The molecule has 19 aromatic rings. The predicted molar refractivity (Wildman–Crippen MR) is 480 cm³/mol. The van der Waals surface area contributed by atoms with Crippen molar-refractivity contribution in [3.63, 3.8) is 0 Å². The van der Waals surface area contributed by atoms with Crippen molar-refractivity contribution in [1.82, 2.24) is 4.40 Å². The first kappa shape index (κ1) is 63.2. The van der Waals surface area contributed by atoms with Gasteiger partial charge in [0.15, 0.2) is 0 Å². The van der Waals surface area contributed by atoms with Crippen LogP contribution in [0.1, 0.15) is 11.3 Å². The number of furan rings is 1. The summed E-state index contributed by atoms with van der Waals surface area (Å²) >= 11 is 0. The van der Waals surface area contributed by atoms with Crippen molar-refractivity contribution in [2.45, 2.75) is 6.42 Å². The van der Waals surface area contributed by atoms with E-state index in [1.54, 1.807) is 0 Å². The standard InChI is InChI=1S/C106H67B2N5O/c1-3-21-78(22-4-1)109-94-31-15-11-27-88(94)107-91-64-75(69-39-37-68(38-40-69)74-51-58-102-84(60-74)85-59-72-19-7-8-20-73(72)65-103(85)114-102)50-57-97(91)112(101-36-17-33-98(109)104(101)107)81-54-47-67(48-55-81)66-45-52-80(53-46-66)111-95-32-16-12-28-89(95)108-90-63-76(49-56-96(90)110(79-23-5-2-6-24-79)99-34-18-35-100(111)105(99)108)70-41-43-71(44-42-70)77-61-86-82-25-9-13-29-92(82)113-93-30-14-10-26-83(93)87(62-77)106(86)113/h1-64,73H,65H2. The number of para-hydroxylation sites is 6. The Morgan fingerprint density at radius 2 is 0.658 bits per heavy atom. The summed E-state index contributed by atoms with van der Waals surface area (Å²) in [7, 11) is 0. The monoisotopic (exact) mass is 1450 g/mol. The molecule has 6 nitrogen and oxygen atoms in total. The van der Waals surface area contributed by atoms with E-state index < -0.39 is 0 Å². The molecule has 0 saturated carbocycles. The minimum absolute atomic E-state index is 0.0228. The number of anilines is 12. The number of nitrogens with zero attached hydrogens (tertiary/aromatic N) is 5. The van der Waals surface area contributed by atoms with Gasteiger partial charge in [-0.25, -0.2) is 0 Å². The van der Waals surface area contributed by atoms with Crippen LogP contribution in [0.4, 0.5) is 68.2 Å². The van der Waals surface area contributed by atoms with Gasteiger partial charge in [0.05, 0.1) is 16.6 Å². The summed E-state index contributed by atoms with van der Waals surface area (Å²) in [5, 5.41) is 6.32. The highest BCUT2D eigenvalue weighted by Crippen LogP contribution is 2.50. The van der Waals surface area contributed by atoms with Crippen LogP contribution in [0.25, 0.3) is 111 Å². The molecular weight excluding hydrogens is 1380 g/mol. The van der Waals surface area contributed by atoms with E-state index in [9.17, 15) is 0 Å². The van der Waals surface area contributed by atoms with Gasteiger partial charge in [0.25, 0.3) is 13.4 Å². The molecule has 0 bridgehead atoms. The number of hydrogen-bond acceptors (Lipinski definition) is 5. The zero-order chi connectivity index (χ0) is 74.4. The SMILES string of the molecule is C1=CC2=Cc3c(oc4ccc(-c5ccc(-c6ccc7c(c6)B6c8ccccc8N(c8ccccc8)c8cccc(c86)N7c6ccc(-c7ccc(N8c9ccccc9B9c%10cc(-c%11ccc(-c%12cc%13c%14ccccc%14n%14c%15ccccc%15c(c%12)c%13%14)cc%11)ccc%10N(c%10ccccc%10)c%10cccc8c%109)cc7)cc6)cc5)cc34)CC2C=C1. The van der Waals surface area contributed by atoms with Gasteiger partial charge < -0.3 is 28.4 Å². The molecule has 114 heavy (non-hydrogen) atoms. The first-order valence-electron chi connectivity index (χ1n) is 39.8. The molecule has 528 valence electrons. The minimum Gasteiger partial charge on any atom is -0.460 e. The van der Waals surface area contributed by atoms with Gasteiger partial charge in [-0.1, -0.05) is 249 Å². The molecule has 16 aromatic carbocycles. The molecule has 25 rings (SSSR count). The van der Waals surface area contributed by atoms with Gasteiger partial charge in [-0.05, 0) is 234 Å². The molecule has 7 heterocycles. The van der Waals surface area contributed by atoms with Crippen LogP contribution in [0.5, 0.6) is 0 Å². The number of rotatable bonds is 9. The van der Waals surface area contributed by atoms with Crippen LogP contribution in [0.3, 0.4) is 0 Å². The number of hydrogen-bond donors (Lipinski definition) is 0. The van der Waals surface area contributed by atoms with Crippen LogP contribution in [0.2, 0.25) is 0 Å². The molecule has 4 aliphatic heterocycles. The van der Waals surface area contributed by atoms with Crippen molar-refractivity contribution in [1.29, 1.82) is 0 Å². The second kappa shape index (κ2) is 24.5. The average molecular weight is 1450 g/mol. The summed E-state index contributed by atoms with van der Waals surface area (Å²) in [4.78, 5) is 9.97. The third kappa shape index (κ3) is 9.34. The summed E-state index contributed by atoms with van der Waals surface area (Å²) in [6, 6.07) is 134. The van der Waals surface area contributed by atoms with Crippen LogP contribution in [0, 0.1) is 5.92 Å². The number of fused-ring (bicyclic) bond motifs is 18. The second-order valence-corrected chi connectivity index (χ2v) is 31.4. The van der Waals surface area contributed by atoms with E-state index in [1.165, 1.54) is 177 Å². The lowest BCUT2D eigenvalue weighted by Gasteiger charge is -2.44. The van der Waals surface area contributed by atoms with E-state index in [1.807, 2.05) is 0 Å². The van der Waals surface area contributed by atoms with Crippen molar-refractivity contribution < 1.29 is 4.42 Å². The maximum absolute atomic E-state index is 6.50. The smallest absolute Gasteiger partial charge is 0.252 e. The van der Waals surface area contributed by atoms with Crippen LogP contribution in [-0.4, -0.2) is 17.8 Å². The van der Waals surface area contributed by atoms with Gasteiger partial charge in [-0.2, -0.15) is 0 Å². The molecule has 1 atom stereocenters. The lowest BCUT2D eigenvalue weighted by Crippen LogP contribution is -2.61. The minimum atomic E-state index is -0.0287. The zero-order valence-electron chi connectivity index (χ0n) is 62.0. The van der Waals surface area contributed by atoms with Crippen LogP contribution >= 0.6 is 0 Å². The van der Waals surface area contributed by atoms with Gasteiger partial charge in [-0.15, -0.1) is 0 Å². The van der Waals surface area contributed by atoms with Crippen molar-refractivity contribution >= 4 is 170 Å². The Labute approximate surface area is 660 Å². The Kier molecular flexibility index (Phi) is 13.6. The molecule has 8 heteroatoms. The maximum Gasteiger partial charge on any atom is 0.252 e.